The van der Waals surface area contributed by atoms with Crippen LogP contribution in [0.4, 0.5) is 5.69 Å². The highest BCUT2D eigenvalue weighted by Gasteiger charge is 2.27. The van der Waals surface area contributed by atoms with E-state index >= 15 is 0 Å². The predicted octanol–water partition coefficient (Wildman–Crippen LogP) is 3.33. The molecule has 0 amide bonds. The van der Waals surface area contributed by atoms with Crippen LogP contribution in [0.2, 0.25) is 13.1 Å². The molecule has 1 aromatic rings. The number of carbonyl (C=O) groups is 1. The monoisotopic (exact) mass is 369 g/mol. The minimum Gasteiger partial charge on any atom is -0.475 e. The number of hydrogen-bond acceptors (Lipinski definition) is 6. The van der Waals surface area contributed by atoms with Crippen LogP contribution in [0.1, 0.15) is 38.8 Å². The van der Waals surface area contributed by atoms with Crippen LogP contribution in [0.15, 0.2) is 12.1 Å². The number of hydrogen-bond donors (Lipinski definition) is 0. The number of rotatable bonds is 8. The molecule has 0 aliphatic heterocycles. The van der Waals surface area contributed by atoms with Gasteiger partial charge >= 0.3 is 11.7 Å². The number of nitrogens with zero attached hydrogens (tertiary/aromatic N) is 1. The Morgan fingerprint density at radius 3 is 2.40 bits per heavy atom. The molecule has 0 aliphatic carbocycles. The van der Waals surface area contributed by atoms with Crippen LogP contribution in [0.5, 0.6) is 5.75 Å². The van der Waals surface area contributed by atoms with Crippen molar-refractivity contribution in [3.63, 3.8) is 0 Å². The van der Waals surface area contributed by atoms with Crippen LogP contribution in [0.3, 0.4) is 0 Å². The summed E-state index contributed by atoms with van der Waals surface area (Å²) in [4.78, 5) is 22.6. The van der Waals surface area contributed by atoms with E-state index in [4.69, 9.17) is 13.9 Å². The van der Waals surface area contributed by atoms with Crippen molar-refractivity contribution in [3.8, 4) is 5.75 Å². The second-order valence-electron chi connectivity index (χ2n) is 6.94. The molecule has 0 saturated heterocycles. The first kappa shape index (κ1) is 21.1. The highest BCUT2D eigenvalue weighted by molar-refractivity contribution is 6.48. The number of nitro benzene ring substituents is 1. The van der Waals surface area contributed by atoms with E-state index in [-0.39, 0.29) is 36.7 Å². The quantitative estimate of drug-likeness (QED) is 0.302. The Labute approximate surface area is 150 Å². The average Bonchev–Trinajstić information content (AvgIpc) is 2.49. The minimum absolute atomic E-state index is 0.0644. The van der Waals surface area contributed by atoms with E-state index in [9.17, 15) is 14.9 Å². The summed E-state index contributed by atoms with van der Waals surface area (Å²) in [6, 6.07) is 3.40. The number of esters is 1. The topological polar surface area (TPSA) is 87.9 Å². The zero-order chi connectivity index (χ0) is 19.2. The summed E-state index contributed by atoms with van der Waals surface area (Å²) in [6.07, 6.45) is 0. The Balaban J connectivity index is 3.31. The van der Waals surface area contributed by atoms with Gasteiger partial charge in [0, 0.05) is 0 Å². The molecule has 7 nitrogen and oxygen atoms in total. The molecule has 0 atom stereocenters. The lowest BCUT2D eigenvalue weighted by Crippen LogP contribution is -2.18. The molecule has 0 N–H and O–H groups in total. The number of benzene rings is 1. The number of ether oxygens (including phenoxy) is 2. The van der Waals surface area contributed by atoms with Gasteiger partial charge < -0.3 is 13.9 Å². The van der Waals surface area contributed by atoms with Crippen molar-refractivity contribution < 1.29 is 23.6 Å². The van der Waals surface area contributed by atoms with Crippen LogP contribution < -0.4 is 4.74 Å². The van der Waals surface area contributed by atoms with Crippen molar-refractivity contribution in [2.75, 3.05) is 13.2 Å². The molecule has 25 heavy (non-hydrogen) atoms. The van der Waals surface area contributed by atoms with E-state index in [0.29, 0.717) is 5.56 Å². The molecular weight excluding hydrogens is 342 g/mol. The SMILES string of the molecule is CCOC(=O)COc1cc(C(C)(C)C)cc(CO[SiH](C)C)c1[N+](=O)[O-]. The summed E-state index contributed by atoms with van der Waals surface area (Å²) in [5.41, 5.74) is 0.937. The fourth-order valence-electron chi connectivity index (χ4n) is 2.12. The molecule has 1 rings (SSSR count). The van der Waals surface area contributed by atoms with Gasteiger partial charge in [-0.15, -0.1) is 0 Å². The fourth-order valence-corrected chi connectivity index (χ4v) is 2.63. The first-order valence-corrected chi connectivity index (χ1v) is 11.1. The van der Waals surface area contributed by atoms with Gasteiger partial charge in [0.1, 0.15) is 0 Å². The maximum Gasteiger partial charge on any atom is 0.344 e. The zero-order valence-corrected chi connectivity index (χ0v) is 16.9. The molecule has 1 aromatic carbocycles. The zero-order valence-electron chi connectivity index (χ0n) is 15.8. The number of nitro groups is 1. The molecule has 0 saturated carbocycles. The molecule has 0 spiro atoms. The summed E-state index contributed by atoms with van der Waals surface area (Å²) < 4.78 is 15.9. The maximum absolute atomic E-state index is 11.6. The summed E-state index contributed by atoms with van der Waals surface area (Å²) in [5, 5.41) is 11.6. The van der Waals surface area contributed by atoms with Crippen molar-refractivity contribution in [1.29, 1.82) is 0 Å². The van der Waals surface area contributed by atoms with Crippen molar-refractivity contribution in [2.45, 2.75) is 52.8 Å². The third-order valence-electron chi connectivity index (χ3n) is 3.43. The normalized spacial score (nSPS) is 11.5. The predicted molar refractivity (Wildman–Crippen MR) is 97.6 cm³/mol. The van der Waals surface area contributed by atoms with Gasteiger partial charge in [-0.3, -0.25) is 10.1 Å². The van der Waals surface area contributed by atoms with Crippen molar-refractivity contribution in [1.82, 2.24) is 0 Å². The van der Waals surface area contributed by atoms with E-state index in [1.54, 1.807) is 19.1 Å². The smallest absolute Gasteiger partial charge is 0.344 e. The average molecular weight is 369 g/mol. The van der Waals surface area contributed by atoms with Gasteiger partial charge in [0.25, 0.3) is 0 Å². The van der Waals surface area contributed by atoms with E-state index < -0.39 is 19.9 Å². The Morgan fingerprint density at radius 2 is 1.92 bits per heavy atom. The molecule has 0 unspecified atom stereocenters. The lowest BCUT2D eigenvalue weighted by Gasteiger charge is -2.22. The number of carbonyl (C=O) groups excluding carboxylic acids is 1. The molecule has 0 aromatic heterocycles. The van der Waals surface area contributed by atoms with Gasteiger partial charge in [0.05, 0.1) is 23.7 Å². The largest absolute Gasteiger partial charge is 0.475 e. The van der Waals surface area contributed by atoms with Crippen LogP contribution >= 0.6 is 0 Å². The Morgan fingerprint density at radius 1 is 1.28 bits per heavy atom. The molecule has 0 heterocycles. The third kappa shape index (κ3) is 6.47. The van der Waals surface area contributed by atoms with E-state index in [0.717, 1.165) is 5.56 Å². The fraction of sp³-hybridized carbons (Fsp3) is 0.588. The van der Waals surface area contributed by atoms with Crippen molar-refractivity contribution in [2.24, 2.45) is 0 Å². The van der Waals surface area contributed by atoms with E-state index in [1.807, 2.05) is 33.9 Å². The first-order valence-electron chi connectivity index (χ1n) is 8.28. The molecular formula is C17H27NO6Si. The van der Waals surface area contributed by atoms with Gasteiger partial charge in [0.2, 0.25) is 0 Å². The second kappa shape index (κ2) is 8.96. The molecule has 0 aliphatic rings. The van der Waals surface area contributed by atoms with E-state index in [1.165, 1.54) is 0 Å². The second-order valence-corrected chi connectivity index (χ2v) is 9.37. The van der Waals surface area contributed by atoms with Crippen LogP contribution in [-0.4, -0.2) is 33.1 Å². The minimum atomic E-state index is -1.35. The molecule has 8 heteroatoms. The van der Waals surface area contributed by atoms with Crippen molar-refractivity contribution >= 4 is 20.7 Å². The van der Waals surface area contributed by atoms with Gasteiger partial charge in [-0.25, -0.2) is 4.79 Å². The van der Waals surface area contributed by atoms with Gasteiger partial charge in [-0.05, 0) is 43.1 Å². The van der Waals surface area contributed by atoms with Gasteiger partial charge in [-0.2, -0.15) is 0 Å². The van der Waals surface area contributed by atoms with Crippen LogP contribution in [0.25, 0.3) is 0 Å². The Kier molecular flexibility index (Phi) is 7.56. The Bertz CT molecular complexity index is 624. The van der Waals surface area contributed by atoms with Gasteiger partial charge in [-0.1, -0.05) is 20.8 Å². The van der Waals surface area contributed by atoms with Gasteiger partial charge in [0.15, 0.2) is 21.4 Å². The van der Waals surface area contributed by atoms with Crippen LogP contribution in [-0.2, 0) is 26.0 Å². The molecule has 0 radical (unpaired) electrons. The lowest BCUT2D eigenvalue weighted by atomic mass is 9.85. The summed E-state index contributed by atoms with van der Waals surface area (Å²) in [7, 11) is -1.35. The summed E-state index contributed by atoms with van der Waals surface area (Å²) in [5.74, 6) is -0.500. The lowest BCUT2D eigenvalue weighted by molar-refractivity contribution is -0.386. The third-order valence-corrected chi connectivity index (χ3v) is 4.26. The molecule has 140 valence electrons. The summed E-state index contributed by atoms with van der Waals surface area (Å²) in [6.45, 7) is 11.7. The maximum atomic E-state index is 11.6. The Hall–Kier alpha value is -1.93. The summed E-state index contributed by atoms with van der Waals surface area (Å²) >= 11 is 0. The highest BCUT2D eigenvalue weighted by atomic mass is 28.3. The molecule has 0 bridgehead atoms. The standard InChI is InChI=1S/C17H27NO6Si/c1-7-22-15(19)11-23-14-9-13(17(2,3)4)8-12(10-24-25(5)6)16(14)18(20)21/h8-9,25H,7,10-11H2,1-6H3. The first-order chi connectivity index (χ1) is 11.6. The van der Waals surface area contributed by atoms with Crippen molar-refractivity contribution in [3.05, 3.63) is 33.4 Å². The van der Waals surface area contributed by atoms with E-state index in [2.05, 4.69) is 0 Å². The molecule has 0 fully saturated rings. The van der Waals surface area contributed by atoms with Crippen LogP contribution in [0, 0.1) is 10.1 Å². The highest BCUT2D eigenvalue weighted by Crippen LogP contribution is 2.37.